The number of hydrogen-bond acceptors (Lipinski definition) is 2. The molecule has 0 aromatic heterocycles. The SMILES string of the molecule is CC(C)CO[Si]OCC(C)C. The minimum absolute atomic E-state index is 0.218. The minimum atomic E-state index is 0.218. The van der Waals surface area contributed by atoms with Crippen LogP contribution in [0.3, 0.4) is 0 Å². The van der Waals surface area contributed by atoms with Gasteiger partial charge < -0.3 is 8.85 Å². The van der Waals surface area contributed by atoms with E-state index in [-0.39, 0.29) is 10.0 Å². The maximum Gasteiger partial charge on any atom is 0.433 e. The highest BCUT2D eigenvalue weighted by Gasteiger charge is 1.98. The van der Waals surface area contributed by atoms with Gasteiger partial charge in [0.2, 0.25) is 0 Å². The van der Waals surface area contributed by atoms with Crippen molar-refractivity contribution in [1.82, 2.24) is 0 Å². The van der Waals surface area contributed by atoms with Crippen LogP contribution >= 0.6 is 0 Å². The Bertz CT molecular complexity index is 74.2. The second-order valence-electron chi connectivity index (χ2n) is 3.49. The Balaban J connectivity index is 2.91. The Labute approximate surface area is 72.3 Å². The number of rotatable bonds is 6. The van der Waals surface area contributed by atoms with Crippen LogP contribution in [0.4, 0.5) is 0 Å². The molecule has 2 nitrogen and oxygen atoms in total. The van der Waals surface area contributed by atoms with Gasteiger partial charge in [-0.05, 0) is 11.8 Å². The van der Waals surface area contributed by atoms with Crippen molar-refractivity contribution in [3.63, 3.8) is 0 Å². The van der Waals surface area contributed by atoms with Crippen LogP contribution < -0.4 is 0 Å². The van der Waals surface area contributed by atoms with E-state index in [2.05, 4.69) is 27.7 Å². The molecular formula is C8H18O2Si. The van der Waals surface area contributed by atoms with Gasteiger partial charge in [-0.1, -0.05) is 27.7 Å². The molecule has 0 fully saturated rings. The largest absolute Gasteiger partial charge is 0.433 e. The quantitative estimate of drug-likeness (QED) is 0.452. The summed E-state index contributed by atoms with van der Waals surface area (Å²) >= 11 is 0. The van der Waals surface area contributed by atoms with Crippen LogP contribution in [-0.4, -0.2) is 23.2 Å². The van der Waals surface area contributed by atoms with Crippen molar-refractivity contribution < 1.29 is 8.85 Å². The Kier molecular flexibility index (Phi) is 6.91. The maximum atomic E-state index is 5.25. The zero-order valence-corrected chi connectivity index (χ0v) is 8.89. The third-order valence-corrected chi connectivity index (χ3v) is 1.52. The third kappa shape index (κ3) is 10.1. The summed E-state index contributed by atoms with van der Waals surface area (Å²) in [6.45, 7) is 10.1. The Morgan fingerprint density at radius 3 is 1.55 bits per heavy atom. The summed E-state index contributed by atoms with van der Waals surface area (Å²) < 4.78 is 10.5. The molecule has 3 heteroatoms. The first-order valence-electron chi connectivity index (χ1n) is 4.11. The summed E-state index contributed by atoms with van der Waals surface area (Å²) in [6, 6.07) is 0. The van der Waals surface area contributed by atoms with Crippen LogP contribution in [0, 0.1) is 11.8 Å². The van der Waals surface area contributed by atoms with Crippen molar-refractivity contribution >= 4 is 10.0 Å². The zero-order chi connectivity index (χ0) is 8.69. The first-order valence-corrected chi connectivity index (χ1v) is 4.93. The fourth-order valence-corrected chi connectivity index (χ4v) is 1.33. The lowest BCUT2D eigenvalue weighted by Gasteiger charge is -2.06. The van der Waals surface area contributed by atoms with Crippen molar-refractivity contribution in [3.8, 4) is 0 Å². The second-order valence-corrected chi connectivity index (χ2v) is 4.24. The fraction of sp³-hybridized carbons (Fsp3) is 1.00. The minimum Gasteiger partial charge on any atom is -0.392 e. The van der Waals surface area contributed by atoms with Crippen molar-refractivity contribution in [2.24, 2.45) is 11.8 Å². The van der Waals surface area contributed by atoms with E-state index in [4.69, 9.17) is 8.85 Å². The van der Waals surface area contributed by atoms with Crippen LogP contribution in [-0.2, 0) is 8.85 Å². The van der Waals surface area contributed by atoms with Crippen molar-refractivity contribution in [2.45, 2.75) is 27.7 Å². The highest BCUT2D eigenvalue weighted by Crippen LogP contribution is 1.93. The highest BCUT2D eigenvalue weighted by atomic mass is 28.3. The average Bonchev–Trinajstić information content (AvgIpc) is 1.85. The molecular weight excluding hydrogens is 156 g/mol. The molecule has 0 rings (SSSR count). The van der Waals surface area contributed by atoms with Crippen molar-refractivity contribution in [2.75, 3.05) is 13.2 Å². The van der Waals surface area contributed by atoms with Gasteiger partial charge in [0.15, 0.2) is 0 Å². The van der Waals surface area contributed by atoms with E-state index in [1.165, 1.54) is 0 Å². The molecule has 0 amide bonds. The average molecular weight is 174 g/mol. The van der Waals surface area contributed by atoms with Crippen molar-refractivity contribution in [1.29, 1.82) is 0 Å². The van der Waals surface area contributed by atoms with Gasteiger partial charge in [-0.25, -0.2) is 0 Å². The molecule has 0 saturated heterocycles. The van der Waals surface area contributed by atoms with Crippen LogP contribution in [0.2, 0.25) is 0 Å². The lowest BCUT2D eigenvalue weighted by molar-refractivity contribution is 0.185. The smallest absolute Gasteiger partial charge is 0.392 e. The Morgan fingerprint density at radius 2 is 1.27 bits per heavy atom. The highest BCUT2D eigenvalue weighted by molar-refractivity contribution is 6.17. The molecule has 0 unspecified atom stereocenters. The molecule has 0 heterocycles. The summed E-state index contributed by atoms with van der Waals surface area (Å²) in [5, 5.41) is 0. The van der Waals surface area contributed by atoms with E-state index < -0.39 is 0 Å². The molecule has 0 saturated carbocycles. The van der Waals surface area contributed by atoms with E-state index in [9.17, 15) is 0 Å². The Morgan fingerprint density at radius 1 is 0.909 bits per heavy atom. The summed E-state index contributed by atoms with van der Waals surface area (Å²) in [5.74, 6) is 1.20. The second kappa shape index (κ2) is 6.82. The predicted molar refractivity (Wildman–Crippen MR) is 47.3 cm³/mol. The van der Waals surface area contributed by atoms with E-state index >= 15 is 0 Å². The molecule has 66 valence electrons. The summed E-state index contributed by atoms with van der Waals surface area (Å²) in [6.07, 6.45) is 0. The van der Waals surface area contributed by atoms with Crippen LogP contribution in [0.1, 0.15) is 27.7 Å². The van der Waals surface area contributed by atoms with E-state index in [1.807, 2.05) is 0 Å². The Hall–Kier alpha value is 0.137. The fourth-order valence-electron chi connectivity index (χ4n) is 0.443. The van der Waals surface area contributed by atoms with E-state index in [0.29, 0.717) is 11.8 Å². The van der Waals surface area contributed by atoms with Gasteiger partial charge in [0.05, 0.1) is 0 Å². The molecule has 0 bridgehead atoms. The van der Waals surface area contributed by atoms with E-state index in [0.717, 1.165) is 13.2 Å². The molecule has 0 aromatic carbocycles. The van der Waals surface area contributed by atoms with Gasteiger partial charge in [0.25, 0.3) is 0 Å². The monoisotopic (exact) mass is 174 g/mol. The van der Waals surface area contributed by atoms with Gasteiger partial charge in [0.1, 0.15) is 0 Å². The van der Waals surface area contributed by atoms with E-state index in [1.54, 1.807) is 0 Å². The lowest BCUT2D eigenvalue weighted by atomic mass is 10.2. The molecule has 0 aromatic rings. The van der Waals surface area contributed by atoms with Gasteiger partial charge in [-0.3, -0.25) is 0 Å². The third-order valence-electron chi connectivity index (χ3n) is 0.951. The molecule has 2 radical (unpaired) electrons. The van der Waals surface area contributed by atoms with Gasteiger partial charge in [-0.15, -0.1) is 0 Å². The zero-order valence-electron chi connectivity index (χ0n) is 7.89. The first-order chi connectivity index (χ1) is 5.13. The molecule has 0 spiro atoms. The van der Waals surface area contributed by atoms with Crippen LogP contribution in [0.15, 0.2) is 0 Å². The molecule has 0 N–H and O–H groups in total. The van der Waals surface area contributed by atoms with Crippen molar-refractivity contribution in [3.05, 3.63) is 0 Å². The lowest BCUT2D eigenvalue weighted by Crippen LogP contribution is -2.12. The molecule has 11 heavy (non-hydrogen) atoms. The van der Waals surface area contributed by atoms with Gasteiger partial charge >= 0.3 is 10.0 Å². The normalized spacial score (nSPS) is 11.5. The van der Waals surface area contributed by atoms with Gasteiger partial charge in [-0.2, -0.15) is 0 Å². The molecule has 0 atom stereocenters. The summed E-state index contributed by atoms with van der Waals surface area (Å²) in [7, 11) is 0.218. The maximum absolute atomic E-state index is 5.25. The standard InChI is InChI=1S/C8H18O2Si/c1-7(2)5-9-11-10-6-8(3)4/h7-8H,5-6H2,1-4H3. The molecule has 0 aliphatic heterocycles. The summed E-state index contributed by atoms with van der Waals surface area (Å²) in [5.41, 5.74) is 0. The van der Waals surface area contributed by atoms with Crippen LogP contribution in [0.25, 0.3) is 0 Å². The number of hydrogen-bond donors (Lipinski definition) is 0. The summed E-state index contributed by atoms with van der Waals surface area (Å²) in [4.78, 5) is 0. The molecule has 0 aliphatic rings. The molecule has 0 aliphatic carbocycles. The van der Waals surface area contributed by atoms with Gasteiger partial charge in [0, 0.05) is 13.2 Å². The topological polar surface area (TPSA) is 18.5 Å². The predicted octanol–water partition coefficient (Wildman–Crippen LogP) is 1.87. The first kappa shape index (κ1) is 11.1. The van der Waals surface area contributed by atoms with Crippen LogP contribution in [0.5, 0.6) is 0 Å².